The maximum atomic E-state index is 11.0. The van der Waals surface area contributed by atoms with Crippen LogP contribution in [-0.2, 0) is 19.2 Å². The van der Waals surface area contributed by atoms with Gasteiger partial charge in [0.15, 0.2) is 0 Å². The number of carbonyl (C=O) groups is 2. The molecule has 0 aliphatic carbocycles. The summed E-state index contributed by atoms with van der Waals surface area (Å²) in [4.78, 5) is 25.0. The molecular weight excluding hydrogens is 188 g/mol. The molecule has 80 valence electrons. The highest BCUT2D eigenvalue weighted by molar-refractivity contribution is 5.92. The minimum absolute atomic E-state index is 0.131. The Balaban J connectivity index is 3.72. The Kier molecular flexibility index (Phi) is 6.39. The lowest BCUT2D eigenvalue weighted by atomic mass is 10.2. The Morgan fingerprint density at radius 1 is 1.43 bits per heavy atom. The Hall–Kier alpha value is -1.36. The molecule has 0 atom stereocenters. The molecule has 0 fully saturated rings. The van der Waals surface area contributed by atoms with E-state index >= 15 is 0 Å². The van der Waals surface area contributed by atoms with E-state index in [1.807, 2.05) is 6.92 Å². The van der Waals surface area contributed by atoms with Crippen molar-refractivity contribution in [2.45, 2.75) is 26.2 Å². The van der Waals surface area contributed by atoms with Crippen molar-refractivity contribution in [1.29, 1.82) is 0 Å². The molecule has 0 bridgehead atoms. The van der Waals surface area contributed by atoms with Gasteiger partial charge in [-0.2, -0.15) is 5.26 Å². The standard InChI is InChI=1S/C9H14O5/c1-3-4-5-13-8(10)6-7(2)9(11)14-12/h12H,2-6H2,1H3. The SMILES string of the molecule is C=C(CC(=O)OCCCC)C(=O)OO. The molecule has 0 spiro atoms. The molecule has 0 saturated carbocycles. The molecule has 0 aromatic rings. The van der Waals surface area contributed by atoms with E-state index in [0.717, 1.165) is 12.8 Å². The molecule has 0 radical (unpaired) electrons. The van der Waals surface area contributed by atoms with Gasteiger partial charge in [-0.05, 0) is 6.42 Å². The lowest BCUT2D eigenvalue weighted by Gasteiger charge is -2.03. The van der Waals surface area contributed by atoms with Crippen LogP contribution in [-0.4, -0.2) is 23.8 Å². The van der Waals surface area contributed by atoms with Gasteiger partial charge < -0.3 is 4.74 Å². The summed E-state index contributed by atoms with van der Waals surface area (Å²) in [6.45, 7) is 5.56. The normalized spacial score (nSPS) is 9.29. The maximum absolute atomic E-state index is 11.0. The quantitative estimate of drug-likeness (QED) is 0.231. The van der Waals surface area contributed by atoms with Gasteiger partial charge in [0.05, 0.1) is 13.0 Å². The van der Waals surface area contributed by atoms with E-state index in [0.29, 0.717) is 6.61 Å². The lowest BCUT2D eigenvalue weighted by molar-refractivity contribution is -0.229. The van der Waals surface area contributed by atoms with E-state index in [1.165, 1.54) is 0 Å². The summed E-state index contributed by atoms with van der Waals surface area (Å²) >= 11 is 0. The first-order valence-electron chi connectivity index (χ1n) is 4.31. The minimum atomic E-state index is -1.02. The summed E-state index contributed by atoms with van der Waals surface area (Å²) in [5.41, 5.74) is -0.131. The highest BCUT2D eigenvalue weighted by atomic mass is 17.1. The molecule has 0 amide bonds. The second-order valence-corrected chi connectivity index (χ2v) is 2.73. The largest absolute Gasteiger partial charge is 0.465 e. The average Bonchev–Trinajstić information content (AvgIpc) is 2.16. The van der Waals surface area contributed by atoms with Crippen LogP contribution in [0.4, 0.5) is 0 Å². The number of unbranched alkanes of at least 4 members (excludes halogenated alkanes) is 1. The van der Waals surface area contributed by atoms with Crippen LogP contribution in [0.2, 0.25) is 0 Å². The first-order chi connectivity index (χ1) is 6.61. The smallest absolute Gasteiger partial charge is 0.368 e. The molecule has 5 nitrogen and oxygen atoms in total. The van der Waals surface area contributed by atoms with E-state index in [-0.39, 0.29) is 12.0 Å². The number of hydrogen-bond donors (Lipinski definition) is 1. The molecule has 0 aliphatic rings. The summed E-state index contributed by atoms with van der Waals surface area (Å²) < 4.78 is 4.76. The van der Waals surface area contributed by atoms with Gasteiger partial charge in [-0.15, -0.1) is 0 Å². The number of carbonyl (C=O) groups excluding carboxylic acids is 2. The van der Waals surface area contributed by atoms with Crippen molar-refractivity contribution in [3.05, 3.63) is 12.2 Å². The van der Waals surface area contributed by atoms with Gasteiger partial charge in [-0.3, -0.25) is 9.68 Å². The fourth-order valence-electron chi connectivity index (χ4n) is 0.692. The number of esters is 1. The Bertz CT molecular complexity index is 221. The van der Waals surface area contributed by atoms with E-state index in [9.17, 15) is 9.59 Å². The van der Waals surface area contributed by atoms with Crippen molar-refractivity contribution in [3.8, 4) is 0 Å². The van der Waals surface area contributed by atoms with Gasteiger partial charge in [0.25, 0.3) is 0 Å². The molecule has 14 heavy (non-hydrogen) atoms. The van der Waals surface area contributed by atoms with E-state index in [1.54, 1.807) is 0 Å². The van der Waals surface area contributed by atoms with Crippen LogP contribution in [0.5, 0.6) is 0 Å². The third-order valence-electron chi connectivity index (χ3n) is 1.49. The van der Waals surface area contributed by atoms with Crippen molar-refractivity contribution < 1.29 is 24.5 Å². The molecular formula is C9H14O5. The molecule has 5 heteroatoms. The van der Waals surface area contributed by atoms with Crippen molar-refractivity contribution in [1.82, 2.24) is 0 Å². The number of ether oxygens (including phenoxy) is 1. The van der Waals surface area contributed by atoms with Gasteiger partial charge in [0, 0.05) is 5.57 Å². The van der Waals surface area contributed by atoms with Crippen LogP contribution < -0.4 is 0 Å². The molecule has 0 aliphatic heterocycles. The number of hydrogen-bond acceptors (Lipinski definition) is 5. The predicted octanol–water partition coefficient (Wildman–Crippen LogP) is 1.29. The predicted molar refractivity (Wildman–Crippen MR) is 48.3 cm³/mol. The Morgan fingerprint density at radius 2 is 2.07 bits per heavy atom. The summed E-state index contributed by atoms with van der Waals surface area (Å²) in [7, 11) is 0. The monoisotopic (exact) mass is 202 g/mol. The lowest BCUT2D eigenvalue weighted by Crippen LogP contribution is -2.12. The Morgan fingerprint density at radius 3 is 2.57 bits per heavy atom. The second-order valence-electron chi connectivity index (χ2n) is 2.73. The van der Waals surface area contributed by atoms with Crippen LogP contribution >= 0.6 is 0 Å². The molecule has 1 N–H and O–H groups in total. The molecule has 0 saturated heterocycles. The van der Waals surface area contributed by atoms with E-state index < -0.39 is 11.9 Å². The van der Waals surface area contributed by atoms with Crippen molar-refractivity contribution >= 4 is 11.9 Å². The minimum Gasteiger partial charge on any atom is -0.465 e. The van der Waals surface area contributed by atoms with Gasteiger partial charge in [0.1, 0.15) is 0 Å². The van der Waals surface area contributed by atoms with Crippen LogP contribution in [0, 0.1) is 0 Å². The zero-order chi connectivity index (χ0) is 11.0. The van der Waals surface area contributed by atoms with Crippen LogP contribution in [0.3, 0.4) is 0 Å². The van der Waals surface area contributed by atoms with Crippen molar-refractivity contribution in [3.63, 3.8) is 0 Å². The maximum Gasteiger partial charge on any atom is 0.368 e. The van der Waals surface area contributed by atoms with Crippen LogP contribution in [0.1, 0.15) is 26.2 Å². The fourth-order valence-corrected chi connectivity index (χ4v) is 0.692. The Labute approximate surface area is 82.2 Å². The average molecular weight is 202 g/mol. The summed E-state index contributed by atoms with van der Waals surface area (Å²) in [5.74, 6) is -1.56. The van der Waals surface area contributed by atoms with Crippen molar-refractivity contribution in [2.24, 2.45) is 0 Å². The molecule has 0 rings (SSSR count). The second kappa shape index (κ2) is 7.08. The molecule has 0 heterocycles. The van der Waals surface area contributed by atoms with Crippen LogP contribution in [0.25, 0.3) is 0 Å². The van der Waals surface area contributed by atoms with Gasteiger partial charge >= 0.3 is 11.9 Å². The molecule has 0 unspecified atom stereocenters. The topological polar surface area (TPSA) is 72.8 Å². The summed E-state index contributed by atoms with van der Waals surface area (Å²) in [6, 6.07) is 0. The van der Waals surface area contributed by atoms with Crippen LogP contribution in [0.15, 0.2) is 12.2 Å². The van der Waals surface area contributed by atoms with Gasteiger partial charge in [0.2, 0.25) is 0 Å². The van der Waals surface area contributed by atoms with E-state index in [4.69, 9.17) is 9.99 Å². The molecule has 0 aromatic carbocycles. The highest BCUT2D eigenvalue weighted by Gasteiger charge is 2.13. The zero-order valence-electron chi connectivity index (χ0n) is 8.12. The van der Waals surface area contributed by atoms with E-state index in [2.05, 4.69) is 11.5 Å². The third-order valence-corrected chi connectivity index (χ3v) is 1.49. The first kappa shape index (κ1) is 12.6. The summed E-state index contributed by atoms with van der Waals surface area (Å²) in [5, 5.41) is 7.97. The fraction of sp³-hybridized carbons (Fsp3) is 0.556. The zero-order valence-corrected chi connectivity index (χ0v) is 8.12. The van der Waals surface area contributed by atoms with Crippen molar-refractivity contribution in [2.75, 3.05) is 6.61 Å². The molecule has 0 aromatic heterocycles. The van der Waals surface area contributed by atoms with Gasteiger partial charge in [-0.1, -0.05) is 19.9 Å². The number of rotatable bonds is 6. The third kappa shape index (κ3) is 5.31. The van der Waals surface area contributed by atoms with Gasteiger partial charge in [-0.25, -0.2) is 4.79 Å². The summed E-state index contributed by atoms with van der Waals surface area (Å²) in [6.07, 6.45) is 1.44. The highest BCUT2D eigenvalue weighted by Crippen LogP contribution is 2.02. The first-order valence-corrected chi connectivity index (χ1v) is 4.31.